The van der Waals surface area contributed by atoms with Crippen LogP contribution in [0.2, 0.25) is 0 Å². The summed E-state index contributed by atoms with van der Waals surface area (Å²) in [6.07, 6.45) is 9.76. The number of rotatable bonds is 4. The number of hydrogen-bond donors (Lipinski definition) is 1. The summed E-state index contributed by atoms with van der Waals surface area (Å²) in [5, 5.41) is 2.88. The quantitative estimate of drug-likeness (QED) is 0.860. The lowest BCUT2D eigenvalue weighted by atomic mass is 9.49. The number of carbonyl (C=O) groups is 2. The fraction of sp³-hybridized carbons (Fsp3) is 0.882. The average Bonchev–Trinajstić information content (AvgIpc) is 2.31. The number of hydrogen-bond acceptors (Lipinski definition) is 2. The van der Waals surface area contributed by atoms with E-state index in [-0.39, 0.29) is 23.8 Å². The Morgan fingerprint density at radius 3 is 2.05 bits per heavy atom. The van der Waals surface area contributed by atoms with Gasteiger partial charge in [0.25, 0.3) is 0 Å². The van der Waals surface area contributed by atoms with E-state index in [0.717, 1.165) is 37.3 Å². The molecule has 4 heteroatoms. The molecular formula is C17H26N2O2. The number of carbonyl (C=O) groups excluding carboxylic acids is 2. The van der Waals surface area contributed by atoms with Gasteiger partial charge in [0.15, 0.2) is 0 Å². The van der Waals surface area contributed by atoms with Crippen molar-refractivity contribution in [3.8, 4) is 0 Å². The fourth-order valence-corrected chi connectivity index (χ4v) is 5.76. The third-order valence-electron chi connectivity index (χ3n) is 6.35. The Kier molecular flexibility index (Phi) is 3.23. The molecule has 0 aromatic rings. The van der Waals surface area contributed by atoms with Gasteiger partial charge in [-0.2, -0.15) is 0 Å². The second kappa shape index (κ2) is 4.99. The van der Waals surface area contributed by atoms with Gasteiger partial charge in [0.05, 0.1) is 6.54 Å². The summed E-state index contributed by atoms with van der Waals surface area (Å²) in [7, 11) is 0. The monoisotopic (exact) mass is 290 g/mol. The topological polar surface area (TPSA) is 49.4 Å². The summed E-state index contributed by atoms with van der Waals surface area (Å²) in [4.78, 5) is 25.9. The maximum atomic E-state index is 12.3. The summed E-state index contributed by atoms with van der Waals surface area (Å²) in [6.45, 7) is 1.93. The van der Waals surface area contributed by atoms with Crippen LogP contribution >= 0.6 is 0 Å². The van der Waals surface area contributed by atoms with Gasteiger partial charge in [-0.3, -0.25) is 9.59 Å². The second-order valence-electron chi connectivity index (χ2n) is 8.11. The summed E-state index contributed by atoms with van der Waals surface area (Å²) in [5.74, 6) is 2.83. The predicted octanol–water partition coefficient (Wildman–Crippen LogP) is 1.94. The minimum atomic E-state index is 0.0834. The molecular weight excluding hydrogens is 264 g/mol. The largest absolute Gasteiger partial charge is 0.347 e. The van der Waals surface area contributed by atoms with Crippen molar-refractivity contribution in [2.45, 2.75) is 51.4 Å². The molecule has 1 saturated heterocycles. The van der Waals surface area contributed by atoms with Gasteiger partial charge in [0.2, 0.25) is 11.8 Å². The molecule has 4 saturated carbocycles. The van der Waals surface area contributed by atoms with Crippen LogP contribution in [0, 0.1) is 23.2 Å². The molecule has 4 aliphatic carbocycles. The lowest BCUT2D eigenvalue weighted by molar-refractivity contribution is -0.137. The zero-order valence-electron chi connectivity index (χ0n) is 12.8. The Morgan fingerprint density at radius 2 is 1.57 bits per heavy atom. The number of amides is 2. The van der Waals surface area contributed by atoms with E-state index in [2.05, 4.69) is 5.32 Å². The molecule has 21 heavy (non-hydrogen) atoms. The lowest BCUT2D eigenvalue weighted by Crippen LogP contribution is -2.50. The van der Waals surface area contributed by atoms with Gasteiger partial charge in [0.1, 0.15) is 0 Å². The summed E-state index contributed by atoms with van der Waals surface area (Å²) in [5.41, 5.74) is 0.276. The molecule has 116 valence electrons. The molecule has 0 aromatic heterocycles. The van der Waals surface area contributed by atoms with Crippen LogP contribution < -0.4 is 5.32 Å². The molecule has 1 heterocycles. The van der Waals surface area contributed by atoms with Crippen molar-refractivity contribution in [1.29, 1.82) is 0 Å². The van der Waals surface area contributed by atoms with Crippen molar-refractivity contribution in [2.24, 2.45) is 23.2 Å². The maximum absolute atomic E-state index is 12.3. The first-order valence-corrected chi connectivity index (χ1v) is 8.66. The first-order chi connectivity index (χ1) is 10.1. The predicted molar refractivity (Wildman–Crippen MR) is 79.4 cm³/mol. The molecule has 5 rings (SSSR count). The Bertz CT molecular complexity index is 420. The lowest BCUT2D eigenvalue weighted by Gasteiger charge is -2.56. The molecule has 0 radical (unpaired) electrons. The van der Waals surface area contributed by atoms with E-state index in [1.54, 1.807) is 0 Å². The first-order valence-electron chi connectivity index (χ1n) is 8.66. The molecule has 2 amide bonds. The van der Waals surface area contributed by atoms with Crippen molar-refractivity contribution in [3.05, 3.63) is 0 Å². The summed E-state index contributed by atoms with van der Waals surface area (Å²) >= 11 is 0. The van der Waals surface area contributed by atoms with Crippen LogP contribution in [-0.2, 0) is 9.59 Å². The normalized spacial score (nSPS) is 40.0. The van der Waals surface area contributed by atoms with Crippen molar-refractivity contribution in [3.63, 3.8) is 0 Å². The average molecular weight is 290 g/mol. The standard InChI is InChI=1S/C17H26N2O2/c20-15(18-11-16(21)19-2-1-3-19)10-17-7-12-4-13(8-17)6-14(5-12)9-17/h12-14H,1-11H2,(H,18,20). The first kappa shape index (κ1) is 13.6. The smallest absolute Gasteiger partial charge is 0.241 e. The van der Waals surface area contributed by atoms with E-state index in [0.29, 0.717) is 6.42 Å². The van der Waals surface area contributed by atoms with Gasteiger partial charge in [-0.1, -0.05) is 0 Å². The van der Waals surface area contributed by atoms with Crippen LogP contribution in [0.1, 0.15) is 51.4 Å². The molecule has 5 aliphatic rings. The minimum absolute atomic E-state index is 0.0834. The summed E-state index contributed by atoms with van der Waals surface area (Å²) in [6, 6.07) is 0. The van der Waals surface area contributed by atoms with E-state index in [1.807, 2.05) is 4.90 Å². The molecule has 5 fully saturated rings. The van der Waals surface area contributed by atoms with Crippen LogP contribution in [0.4, 0.5) is 0 Å². The third-order valence-corrected chi connectivity index (χ3v) is 6.35. The van der Waals surface area contributed by atoms with Crippen LogP contribution in [0.5, 0.6) is 0 Å². The number of nitrogens with one attached hydrogen (secondary N) is 1. The SMILES string of the molecule is O=C(CC12CC3CC(CC(C3)C1)C2)NCC(=O)N1CCC1. The van der Waals surface area contributed by atoms with Crippen molar-refractivity contribution >= 4 is 11.8 Å². The molecule has 1 N–H and O–H groups in total. The highest BCUT2D eigenvalue weighted by atomic mass is 16.2. The minimum Gasteiger partial charge on any atom is -0.347 e. The second-order valence-corrected chi connectivity index (χ2v) is 8.11. The van der Waals surface area contributed by atoms with Crippen LogP contribution in [-0.4, -0.2) is 36.3 Å². The van der Waals surface area contributed by atoms with Gasteiger partial charge in [-0.15, -0.1) is 0 Å². The summed E-state index contributed by atoms with van der Waals surface area (Å²) < 4.78 is 0. The van der Waals surface area contributed by atoms with Crippen LogP contribution in [0.3, 0.4) is 0 Å². The van der Waals surface area contributed by atoms with E-state index >= 15 is 0 Å². The van der Waals surface area contributed by atoms with Gasteiger partial charge in [-0.25, -0.2) is 0 Å². The van der Waals surface area contributed by atoms with Gasteiger partial charge in [0, 0.05) is 19.5 Å². The van der Waals surface area contributed by atoms with E-state index < -0.39 is 0 Å². The van der Waals surface area contributed by atoms with E-state index in [9.17, 15) is 9.59 Å². The van der Waals surface area contributed by atoms with Crippen molar-refractivity contribution < 1.29 is 9.59 Å². The zero-order chi connectivity index (χ0) is 14.4. The van der Waals surface area contributed by atoms with Gasteiger partial charge in [-0.05, 0) is 68.1 Å². The van der Waals surface area contributed by atoms with E-state index in [4.69, 9.17) is 0 Å². The highest BCUT2D eigenvalue weighted by molar-refractivity contribution is 5.85. The third kappa shape index (κ3) is 2.58. The van der Waals surface area contributed by atoms with Gasteiger partial charge < -0.3 is 10.2 Å². The molecule has 0 atom stereocenters. The molecule has 4 bridgehead atoms. The molecule has 1 aliphatic heterocycles. The Hall–Kier alpha value is -1.06. The molecule has 0 aromatic carbocycles. The zero-order valence-corrected chi connectivity index (χ0v) is 12.8. The molecule has 0 unspecified atom stereocenters. The number of nitrogens with zero attached hydrogens (tertiary/aromatic N) is 1. The van der Waals surface area contributed by atoms with Gasteiger partial charge >= 0.3 is 0 Å². The van der Waals surface area contributed by atoms with Crippen molar-refractivity contribution in [2.75, 3.05) is 19.6 Å². The van der Waals surface area contributed by atoms with Crippen LogP contribution in [0.15, 0.2) is 0 Å². The Morgan fingerprint density at radius 1 is 1.00 bits per heavy atom. The highest BCUT2D eigenvalue weighted by Gasteiger charge is 2.51. The molecule has 0 spiro atoms. The fourth-order valence-electron chi connectivity index (χ4n) is 5.76. The van der Waals surface area contributed by atoms with Crippen LogP contribution in [0.25, 0.3) is 0 Å². The maximum Gasteiger partial charge on any atom is 0.241 e. The number of likely N-dealkylation sites (tertiary alicyclic amines) is 1. The Balaban J connectivity index is 1.31. The molecule has 4 nitrogen and oxygen atoms in total. The Labute approximate surface area is 126 Å². The van der Waals surface area contributed by atoms with E-state index in [1.165, 1.54) is 38.5 Å². The van der Waals surface area contributed by atoms with Crippen molar-refractivity contribution in [1.82, 2.24) is 10.2 Å². The highest BCUT2D eigenvalue weighted by Crippen LogP contribution is 2.61.